The monoisotopic (exact) mass is 411 g/mol. The van der Waals surface area contributed by atoms with Gasteiger partial charge in [-0.2, -0.15) is 13.2 Å². The Balaban J connectivity index is 1.95. The average Bonchev–Trinajstić information content (AvgIpc) is 2.89. The molecule has 27 heavy (non-hydrogen) atoms. The molecule has 11 heteroatoms. The fourth-order valence-electron chi connectivity index (χ4n) is 3.59. The number of nitrogens with one attached hydrogen (secondary N) is 1. The van der Waals surface area contributed by atoms with Crippen LogP contribution in [0, 0.1) is 23.5 Å². The Morgan fingerprint density at radius 1 is 1.30 bits per heavy atom. The minimum atomic E-state index is -4.40. The van der Waals surface area contributed by atoms with Crippen LogP contribution in [0.25, 0.3) is 0 Å². The van der Waals surface area contributed by atoms with Crippen LogP contribution in [0.2, 0.25) is 5.02 Å². The van der Waals surface area contributed by atoms with Gasteiger partial charge in [0.15, 0.2) is 0 Å². The van der Waals surface area contributed by atoms with Crippen molar-refractivity contribution in [3.63, 3.8) is 0 Å². The highest BCUT2D eigenvalue weighted by atomic mass is 35.5. The summed E-state index contributed by atoms with van der Waals surface area (Å²) in [5, 5.41) is 1.49. The van der Waals surface area contributed by atoms with Crippen LogP contribution in [-0.2, 0) is 4.79 Å². The van der Waals surface area contributed by atoms with Gasteiger partial charge in [-0.3, -0.25) is 4.79 Å². The normalized spacial score (nSPS) is 26.5. The molecule has 3 N–H and O–H groups in total. The molecule has 1 aromatic carbocycles. The largest absolute Gasteiger partial charge is 0.391 e. The van der Waals surface area contributed by atoms with Gasteiger partial charge < -0.3 is 16.0 Å². The van der Waals surface area contributed by atoms with Crippen LogP contribution < -0.4 is 11.1 Å². The summed E-state index contributed by atoms with van der Waals surface area (Å²) in [7, 11) is 0. The van der Waals surface area contributed by atoms with E-state index in [-0.39, 0.29) is 24.9 Å². The number of benzene rings is 1. The van der Waals surface area contributed by atoms with E-state index in [0.29, 0.717) is 0 Å². The lowest BCUT2D eigenvalue weighted by molar-refractivity contribution is -0.209. The van der Waals surface area contributed by atoms with E-state index < -0.39 is 58.7 Å². The molecular weight excluding hydrogens is 397 g/mol. The van der Waals surface area contributed by atoms with Crippen LogP contribution in [0.5, 0.6) is 0 Å². The number of nitrogens with two attached hydrogens (primary N) is 1. The van der Waals surface area contributed by atoms with Gasteiger partial charge in [-0.1, -0.05) is 17.7 Å². The van der Waals surface area contributed by atoms with Gasteiger partial charge in [0.1, 0.15) is 22.7 Å². The van der Waals surface area contributed by atoms with E-state index in [9.17, 15) is 31.5 Å². The molecule has 3 amide bonds. The quantitative estimate of drug-likeness (QED) is 0.590. The van der Waals surface area contributed by atoms with Crippen molar-refractivity contribution >= 4 is 23.5 Å². The molecule has 148 valence electrons. The number of carbonyl (C=O) groups excluding carboxylic acids is 2. The molecule has 1 heterocycles. The second-order valence-corrected chi connectivity index (χ2v) is 7.11. The summed E-state index contributed by atoms with van der Waals surface area (Å²) < 4.78 is 66.6. The first-order valence-corrected chi connectivity index (χ1v) is 8.45. The van der Waals surface area contributed by atoms with Crippen LogP contribution in [0.15, 0.2) is 12.1 Å². The van der Waals surface area contributed by atoms with Crippen LogP contribution in [0.1, 0.15) is 24.4 Å². The number of hydrogen-bond donors (Lipinski definition) is 2. The number of urea groups is 1. The second kappa shape index (κ2) is 6.81. The lowest BCUT2D eigenvalue weighted by Crippen LogP contribution is -2.45. The number of primary amides is 1. The SMILES string of the molecule is NC(=O)C1CN([C@H](c2ccc(F)c(Cl)c2F)C2CC(C(F)(F)F)C2)C(=O)N1. The summed E-state index contributed by atoms with van der Waals surface area (Å²) in [6.45, 7) is -0.236. The fraction of sp³-hybridized carbons (Fsp3) is 0.500. The number of alkyl halides is 3. The predicted octanol–water partition coefficient (Wildman–Crippen LogP) is 3.13. The van der Waals surface area contributed by atoms with E-state index in [1.54, 1.807) is 0 Å². The van der Waals surface area contributed by atoms with E-state index in [4.69, 9.17) is 17.3 Å². The highest BCUT2D eigenvalue weighted by Crippen LogP contribution is 2.52. The summed E-state index contributed by atoms with van der Waals surface area (Å²) in [6.07, 6.45) is -5.05. The van der Waals surface area contributed by atoms with E-state index in [2.05, 4.69) is 5.32 Å². The van der Waals surface area contributed by atoms with Gasteiger partial charge in [0.05, 0.1) is 18.5 Å². The number of rotatable bonds is 4. The molecule has 1 aromatic rings. The molecule has 1 aliphatic heterocycles. The average molecular weight is 412 g/mol. The summed E-state index contributed by atoms with van der Waals surface area (Å²) in [5.74, 6) is -5.30. The third-order valence-corrected chi connectivity index (χ3v) is 5.43. The maximum absolute atomic E-state index is 14.6. The van der Waals surface area contributed by atoms with E-state index in [0.717, 1.165) is 17.0 Å². The maximum atomic E-state index is 14.6. The van der Waals surface area contributed by atoms with Gasteiger partial charge in [-0.05, 0) is 24.8 Å². The minimum Gasteiger partial charge on any atom is -0.368 e. The molecule has 0 spiro atoms. The maximum Gasteiger partial charge on any atom is 0.391 e. The van der Waals surface area contributed by atoms with Crippen molar-refractivity contribution in [1.82, 2.24) is 10.2 Å². The topological polar surface area (TPSA) is 75.4 Å². The second-order valence-electron chi connectivity index (χ2n) is 6.74. The molecule has 0 radical (unpaired) electrons. The van der Waals surface area contributed by atoms with E-state index >= 15 is 0 Å². The molecule has 2 aliphatic rings. The zero-order valence-electron chi connectivity index (χ0n) is 13.7. The summed E-state index contributed by atoms with van der Waals surface area (Å²) in [4.78, 5) is 24.6. The third-order valence-electron chi connectivity index (χ3n) is 5.08. The Hall–Kier alpha value is -2.10. The van der Waals surface area contributed by atoms with Gasteiger partial charge in [0, 0.05) is 5.56 Å². The summed E-state index contributed by atoms with van der Waals surface area (Å²) in [5.41, 5.74) is 4.96. The van der Waals surface area contributed by atoms with Crippen LogP contribution in [0.4, 0.5) is 26.7 Å². The van der Waals surface area contributed by atoms with Crippen molar-refractivity contribution in [3.8, 4) is 0 Å². The number of carbonyl (C=O) groups is 2. The fourth-order valence-corrected chi connectivity index (χ4v) is 3.76. The van der Waals surface area contributed by atoms with Gasteiger partial charge in [0.2, 0.25) is 5.91 Å². The Labute approximate surface area is 155 Å². The predicted molar refractivity (Wildman–Crippen MR) is 84.6 cm³/mol. The first-order valence-electron chi connectivity index (χ1n) is 8.07. The van der Waals surface area contributed by atoms with Crippen molar-refractivity contribution < 1.29 is 31.5 Å². The number of hydrogen-bond acceptors (Lipinski definition) is 2. The molecule has 2 atom stereocenters. The Morgan fingerprint density at radius 3 is 2.44 bits per heavy atom. The number of halogens is 6. The highest BCUT2D eigenvalue weighted by molar-refractivity contribution is 6.31. The van der Waals surface area contributed by atoms with Gasteiger partial charge >= 0.3 is 12.2 Å². The van der Waals surface area contributed by atoms with E-state index in [1.807, 2.05) is 0 Å². The molecule has 3 rings (SSSR count). The Morgan fingerprint density at radius 2 is 1.93 bits per heavy atom. The molecule has 1 unspecified atom stereocenters. The summed E-state index contributed by atoms with van der Waals surface area (Å²) in [6, 6.07) is -1.03. The zero-order chi connectivity index (χ0) is 20.1. The minimum absolute atomic E-state index is 0.202. The first kappa shape index (κ1) is 19.7. The number of amides is 3. The lowest BCUT2D eigenvalue weighted by atomic mass is 9.68. The summed E-state index contributed by atoms with van der Waals surface area (Å²) >= 11 is 5.59. The van der Waals surface area contributed by atoms with Crippen LogP contribution in [-0.4, -0.2) is 35.6 Å². The number of nitrogens with zero attached hydrogens (tertiary/aromatic N) is 1. The van der Waals surface area contributed by atoms with Crippen LogP contribution >= 0.6 is 11.6 Å². The highest BCUT2D eigenvalue weighted by Gasteiger charge is 2.53. The Bertz CT molecular complexity index is 782. The van der Waals surface area contributed by atoms with E-state index in [1.165, 1.54) is 0 Å². The Kier molecular flexibility index (Phi) is 4.96. The molecule has 0 bridgehead atoms. The molecule has 0 aromatic heterocycles. The molecule has 2 fully saturated rings. The lowest BCUT2D eigenvalue weighted by Gasteiger charge is -2.44. The first-order chi connectivity index (χ1) is 12.5. The van der Waals surface area contributed by atoms with Gasteiger partial charge in [0.25, 0.3) is 0 Å². The van der Waals surface area contributed by atoms with Crippen LogP contribution in [0.3, 0.4) is 0 Å². The van der Waals surface area contributed by atoms with Crippen molar-refractivity contribution in [2.45, 2.75) is 31.1 Å². The zero-order valence-corrected chi connectivity index (χ0v) is 14.5. The standard InChI is InChI=1S/C16H15ClF5N3O2/c17-11-9(18)2-1-8(12(11)19)13(6-3-7(4-6)16(20,21)22)25-5-10(14(23)26)24-15(25)27/h1-2,6-7,10,13H,3-5H2,(H2,23,26)(H,24,27)/t6?,7?,10?,13-/m0/s1. The molecule has 1 aliphatic carbocycles. The van der Waals surface area contributed by atoms with Crippen molar-refractivity contribution in [2.75, 3.05) is 6.54 Å². The third kappa shape index (κ3) is 3.54. The van der Waals surface area contributed by atoms with Gasteiger partial charge in [-0.25, -0.2) is 13.6 Å². The van der Waals surface area contributed by atoms with Crippen molar-refractivity contribution in [2.24, 2.45) is 17.6 Å². The molecule has 1 saturated heterocycles. The van der Waals surface area contributed by atoms with Crippen molar-refractivity contribution in [3.05, 3.63) is 34.4 Å². The molecular formula is C16H15ClF5N3O2. The van der Waals surface area contributed by atoms with Gasteiger partial charge in [-0.15, -0.1) is 0 Å². The molecule has 1 saturated carbocycles. The van der Waals surface area contributed by atoms with Crippen molar-refractivity contribution in [1.29, 1.82) is 0 Å². The smallest absolute Gasteiger partial charge is 0.368 e. The molecule has 5 nitrogen and oxygen atoms in total.